The first-order chi connectivity index (χ1) is 6.66. The molecule has 1 aliphatic rings. The van der Waals surface area contributed by atoms with Crippen LogP contribution in [-0.2, 0) is 6.54 Å². The maximum atomic E-state index is 9.34. The Kier molecular flexibility index (Phi) is 2.33. The molecule has 1 heterocycles. The molecule has 0 saturated carbocycles. The number of phenolic OH excluding ortho intramolecular Hbond substituents is 1. The van der Waals surface area contributed by atoms with Crippen molar-refractivity contribution in [2.24, 2.45) is 0 Å². The zero-order chi connectivity index (χ0) is 10.1. The van der Waals surface area contributed by atoms with Crippen molar-refractivity contribution in [2.75, 3.05) is 6.73 Å². The third kappa shape index (κ3) is 1.68. The van der Waals surface area contributed by atoms with Crippen LogP contribution in [0.25, 0.3) is 0 Å². The second kappa shape index (κ2) is 3.50. The lowest BCUT2D eigenvalue weighted by molar-refractivity contribution is 0.0684. The van der Waals surface area contributed by atoms with Gasteiger partial charge in [-0.1, -0.05) is 0 Å². The summed E-state index contributed by atoms with van der Waals surface area (Å²) in [4.78, 5) is 2.21. The van der Waals surface area contributed by atoms with Gasteiger partial charge in [0.15, 0.2) is 0 Å². The molecule has 0 spiro atoms. The summed E-state index contributed by atoms with van der Waals surface area (Å²) < 4.78 is 5.57. The van der Waals surface area contributed by atoms with Gasteiger partial charge >= 0.3 is 0 Å². The van der Waals surface area contributed by atoms with Crippen molar-refractivity contribution in [3.8, 4) is 11.5 Å². The molecule has 0 unspecified atom stereocenters. The topological polar surface area (TPSA) is 32.7 Å². The third-order valence-electron chi connectivity index (χ3n) is 2.53. The van der Waals surface area contributed by atoms with Gasteiger partial charge in [0.2, 0.25) is 0 Å². The van der Waals surface area contributed by atoms with Crippen molar-refractivity contribution in [2.45, 2.75) is 26.4 Å². The van der Waals surface area contributed by atoms with Crippen LogP contribution in [0.4, 0.5) is 0 Å². The molecule has 0 fully saturated rings. The monoisotopic (exact) mass is 193 g/mol. The highest BCUT2D eigenvalue weighted by molar-refractivity contribution is 5.40. The molecule has 0 radical (unpaired) electrons. The van der Waals surface area contributed by atoms with Gasteiger partial charge in [0.05, 0.1) is 0 Å². The molecular formula is C11H15NO2. The van der Waals surface area contributed by atoms with Gasteiger partial charge in [0, 0.05) is 18.2 Å². The molecule has 0 saturated heterocycles. The molecule has 1 aromatic carbocycles. The van der Waals surface area contributed by atoms with E-state index in [2.05, 4.69) is 18.7 Å². The predicted octanol–water partition coefficient (Wildman–Crippen LogP) is 1.95. The molecule has 0 aliphatic carbocycles. The Balaban J connectivity index is 2.24. The van der Waals surface area contributed by atoms with Gasteiger partial charge in [-0.05, 0) is 32.0 Å². The number of aromatic hydroxyl groups is 1. The number of fused-ring (bicyclic) bond motifs is 1. The van der Waals surface area contributed by atoms with E-state index >= 15 is 0 Å². The van der Waals surface area contributed by atoms with Gasteiger partial charge in [-0.2, -0.15) is 0 Å². The van der Waals surface area contributed by atoms with E-state index in [1.54, 1.807) is 12.1 Å². The molecule has 1 aliphatic heterocycles. The van der Waals surface area contributed by atoms with Crippen LogP contribution in [0, 0.1) is 0 Å². The Morgan fingerprint density at radius 2 is 2.21 bits per heavy atom. The van der Waals surface area contributed by atoms with Crippen LogP contribution in [0.5, 0.6) is 11.5 Å². The summed E-state index contributed by atoms with van der Waals surface area (Å²) in [6.07, 6.45) is 0. The molecule has 3 nitrogen and oxygen atoms in total. The molecule has 0 amide bonds. The second-order valence-electron chi connectivity index (χ2n) is 3.91. The van der Waals surface area contributed by atoms with E-state index in [-0.39, 0.29) is 0 Å². The second-order valence-corrected chi connectivity index (χ2v) is 3.91. The number of ether oxygens (including phenoxy) is 1. The van der Waals surface area contributed by atoms with Crippen LogP contribution >= 0.6 is 0 Å². The fraction of sp³-hybridized carbons (Fsp3) is 0.455. The highest BCUT2D eigenvalue weighted by Crippen LogP contribution is 2.28. The van der Waals surface area contributed by atoms with E-state index in [9.17, 15) is 5.11 Å². The van der Waals surface area contributed by atoms with Gasteiger partial charge < -0.3 is 9.84 Å². The number of nitrogens with zero attached hydrogens (tertiary/aromatic N) is 1. The zero-order valence-corrected chi connectivity index (χ0v) is 8.53. The Bertz CT molecular complexity index is 336. The molecule has 1 N–H and O–H groups in total. The molecule has 0 atom stereocenters. The molecule has 76 valence electrons. The normalized spacial score (nSPS) is 16.5. The molecule has 14 heavy (non-hydrogen) atoms. The molecule has 1 aromatic rings. The SMILES string of the molecule is CC(C)N1COc2ccc(O)cc2C1. The van der Waals surface area contributed by atoms with E-state index in [0.29, 0.717) is 18.5 Å². The number of rotatable bonds is 1. The highest BCUT2D eigenvalue weighted by Gasteiger charge is 2.19. The third-order valence-corrected chi connectivity index (χ3v) is 2.53. The smallest absolute Gasteiger partial charge is 0.142 e. The van der Waals surface area contributed by atoms with Crippen LogP contribution in [0.2, 0.25) is 0 Å². The first-order valence-corrected chi connectivity index (χ1v) is 4.85. The van der Waals surface area contributed by atoms with Crippen LogP contribution in [-0.4, -0.2) is 22.8 Å². The van der Waals surface area contributed by atoms with Crippen molar-refractivity contribution < 1.29 is 9.84 Å². The highest BCUT2D eigenvalue weighted by atomic mass is 16.5. The molecule has 0 bridgehead atoms. The average Bonchev–Trinajstić information content (AvgIpc) is 2.16. The summed E-state index contributed by atoms with van der Waals surface area (Å²) in [6.45, 7) is 5.76. The minimum Gasteiger partial charge on any atom is -0.508 e. The fourth-order valence-electron chi connectivity index (χ4n) is 1.58. The minimum absolute atomic E-state index is 0.304. The largest absolute Gasteiger partial charge is 0.508 e. The van der Waals surface area contributed by atoms with Crippen LogP contribution in [0.15, 0.2) is 18.2 Å². The quantitative estimate of drug-likeness (QED) is 0.740. The van der Waals surface area contributed by atoms with Gasteiger partial charge in [0.25, 0.3) is 0 Å². The lowest BCUT2D eigenvalue weighted by atomic mass is 10.1. The first-order valence-electron chi connectivity index (χ1n) is 4.85. The number of hydrogen-bond acceptors (Lipinski definition) is 3. The fourth-order valence-corrected chi connectivity index (χ4v) is 1.58. The maximum Gasteiger partial charge on any atom is 0.142 e. The summed E-state index contributed by atoms with van der Waals surface area (Å²) in [5, 5.41) is 9.34. The lowest BCUT2D eigenvalue weighted by Crippen LogP contribution is -2.37. The van der Waals surface area contributed by atoms with Gasteiger partial charge in [0.1, 0.15) is 18.2 Å². The Morgan fingerprint density at radius 1 is 1.43 bits per heavy atom. The van der Waals surface area contributed by atoms with E-state index in [4.69, 9.17) is 4.74 Å². The zero-order valence-electron chi connectivity index (χ0n) is 8.53. The molecule has 0 aromatic heterocycles. The van der Waals surface area contributed by atoms with E-state index in [1.165, 1.54) is 0 Å². The van der Waals surface area contributed by atoms with Crippen molar-refractivity contribution in [3.05, 3.63) is 23.8 Å². The lowest BCUT2D eigenvalue weighted by Gasteiger charge is -2.31. The molecule has 2 rings (SSSR count). The summed E-state index contributed by atoms with van der Waals surface area (Å²) in [5.74, 6) is 1.19. The van der Waals surface area contributed by atoms with Gasteiger partial charge in [-0.25, -0.2) is 0 Å². The average molecular weight is 193 g/mol. The predicted molar refractivity (Wildman–Crippen MR) is 54.3 cm³/mol. The minimum atomic E-state index is 0.304. The standard InChI is InChI=1S/C11H15NO2/c1-8(2)12-6-9-5-10(13)3-4-11(9)14-7-12/h3-5,8,13H,6-7H2,1-2H3. The number of benzene rings is 1. The van der Waals surface area contributed by atoms with Crippen molar-refractivity contribution in [1.29, 1.82) is 0 Å². The van der Waals surface area contributed by atoms with Gasteiger partial charge in [-0.3, -0.25) is 4.90 Å². The van der Waals surface area contributed by atoms with E-state index in [0.717, 1.165) is 17.9 Å². The summed E-state index contributed by atoms with van der Waals surface area (Å²) in [7, 11) is 0. The maximum absolute atomic E-state index is 9.34. The Labute approximate surface area is 83.9 Å². The summed E-state index contributed by atoms with van der Waals surface area (Å²) in [6, 6.07) is 5.71. The number of phenols is 1. The Morgan fingerprint density at radius 3 is 2.93 bits per heavy atom. The van der Waals surface area contributed by atoms with Crippen molar-refractivity contribution in [1.82, 2.24) is 4.90 Å². The van der Waals surface area contributed by atoms with Gasteiger partial charge in [-0.15, -0.1) is 0 Å². The van der Waals surface area contributed by atoms with Crippen molar-refractivity contribution >= 4 is 0 Å². The van der Waals surface area contributed by atoms with Crippen LogP contribution in [0.1, 0.15) is 19.4 Å². The van der Waals surface area contributed by atoms with Crippen molar-refractivity contribution in [3.63, 3.8) is 0 Å². The van der Waals surface area contributed by atoms with Crippen LogP contribution in [0.3, 0.4) is 0 Å². The van der Waals surface area contributed by atoms with E-state index in [1.807, 2.05) is 6.07 Å². The number of hydrogen-bond donors (Lipinski definition) is 1. The first kappa shape index (κ1) is 9.34. The summed E-state index contributed by atoms with van der Waals surface area (Å²) in [5.41, 5.74) is 1.06. The van der Waals surface area contributed by atoms with Crippen LogP contribution < -0.4 is 4.74 Å². The van der Waals surface area contributed by atoms with E-state index < -0.39 is 0 Å². The molecular weight excluding hydrogens is 178 g/mol. The summed E-state index contributed by atoms with van der Waals surface area (Å²) >= 11 is 0. The molecule has 3 heteroatoms. The Hall–Kier alpha value is -1.22.